The number of fused-ring (bicyclic) bond motifs is 1. The van der Waals surface area contributed by atoms with E-state index in [4.69, 9.17) is 9.47 Å². The summed E-state index contributed by atoms with van der Waals surface area (Å²) in [5.74, 6) is 1.70. The summed E-state index contributed by atoms with van der Waals surface area (Å²) in [7, 11) is 0. The van der Waals surface area contributed by atoms with E-state index in [9.17, 15) is 0 Å². The predicted octanol–water partition coefficient (Wildman–Crippen LogP) is 1.83. The summed E-state index contributed by atoms with van der Waals surface area (Å²) in [5, 5.41) is 3.33. The lowest BCUT2D eigenvalue weighted by Crippen LogP contribution is -2.38. The molecule has 0 bridgehead atoms. The van der Waals surface area contributed by atoms with Gasteiger partial charge in [-0.1, -0.05) is 19.1 Å². The van der Waals surface area contributed by atoms with Gasteiger partial charge in [-0.15, -0.1) is 0 Å². The Balaban J connectivity index is 1.88. The second kappa shape index (κ2) is 5.03. The maximum atomic E-state index is 5.79. The maximum Gasteiger partial charge on any atom is 0.161 e. The fraction of sp³-hybridized carbons (Fsp3) is 0.500. The lowest BCUT2D eigenvalue weighted by atomic mass is 10.2. The molecule has 1 aromatic rings. The van der Waals surface area contributed by atoms with Gasteiger partial charge >= 0.3 is 0 Å². The molecule has 1 atom stereocenters. The van der Waals surface area contributed by atoms with Crippen LogP contribution in [0.5, 0.6) is 11.5 Å². The summed E-state index contributed by atoms with van der Waals surface area (Å²) in [6.45, 7) is 4.66. The standard InChI is InChI=1S/C12H17NO2/c1-2-7-13-8-10-9-14-11-5-3-4-6-12(11)15-10/h3-6,10,13H,2,7-9H2,1H3/t10-/m0/s1. The number of ether oxygens (including phenoxy) is 2. The molecule has 0 aromatic heterocycles. The molecule has 3 nitrogen and oxygen atoms in total. The van der Waals surface area contributed by atoms with Crippen molar-refractivity contribution in [2.75, 3.05) is 19.7 Å². The van der Waals surface area contributed by atoms with Crippen LogP contribution in [0.4, 0.5) is 0 Å². The largest absolute Gasteiger partial charge is 0.486 e. The van der Waals surface area contributed by atoms with Gasteiger partial charge in [0.2, 0.25) is 0 Å². The first kappa shape index (κ1) is 10.3. The molecule has 1 aliphatic rings. The molecule has 1 aliphatic heterocycles. The van der Waals surface area contributed by atoms with Gasteiger partial charge in [0.25, 0.3) is 0 Å². The van der Waals surface area contributed by atoms with E-state index in [-0.39, 0.29) is 6.10 Å². The highest BCUT2D eigenvalue weighted by molar-refractivity contribution is 5.40. The monoisotopic (exact) mass is 207 g/mol. The van der Waals surface area contributed by atoms with Crippen molar-refractivity contribution in [1.29, 1.82) is 0 Å². The van der Waals surface area contributed by atoms with Crippen molar-refractivity contribution >= 4 is 0 Å². The lowest BCUT2D eigenvalue weighted by Gasteiger charge is -2.26. The highest BCUT2D eigenvalue weighted by Gasteiger charge is 2.19. The third kappa shape index (κ3) is 2.63. The van der Waals surface area contributed by atoms with Gasteiger partial charge in [0.15, 0.2) is 11.5 Å². The minimum absolute atomic E-state index is 0.131. The molecular weight excluding hydrogens is 190 g/mol. The van der Waals surface area contributed by atoms with Crippen molar-refractivity contribution in [3.05, 3.63) is 24.3 Å². The second-order valence-electron chi connectivity index (χ2n) is 3.70. The number of para-hydroxylation sites is 2. The zero-order chi connectivity index (χ0) is 10.5. The van der Waals surface area contributed by atoms with Gasteiger partial charge in [-0.25, -0.2) is 0 Å². The molecule has 1 heterocycles. The van der Waals surface area contributed by atoms with Crippen LogP contribution < -0.4 is 14.8 Å². The summed E-state index contributed by atoms with van der Waals surface area (Å²) in [5.41, 5.74) is 0. The first-order valence-electron chi connectivity index (χ1n) is 5.49. The zero-order valence-corrected chi connectivity index (χ0v) is 9.03. The van der Waals surface area contributed by atoms with Crippen molar-refractivity contribution in [3.63, 3.8) is 0 Å². The topological polar surface area (TPSA) is 30.5 Å². The van der Waals surface area contributed by atoms with Crippen LogP contribution >= 0.6 is 0 Å². The van der Waals surface area contributed by atoms with Crippen LogP contribution in [-0.4, -0.2) is 25.8 Å². The fourth-order valence-corrected chi connectivity index (χ4v) is 1.60. The first-order chi connectivity index (χ1) is 7.40. The molecular formula is C12H17NO2. The SMILES string of the molecule is CCCNC[C@H]1COc2ccccc2O1. The number of rotatable bonds is 4. The number of benzene rings is 1. The molecule has 1 N–H and O–H groups in total. The quantitative estimate of drug-likeness (QED) is 0.764. The molecule has 0 spiro atoms. The van der Waals surface area contributed by atoms with Crippen LogP contribution in [0.2, 0.25) is 0 Å². The van der Waals surface area contributed by atoms with Gasteiger partial charge < -0.3 is 14.8 Å². The van der Waals surface area contributed by atoms with E-state index in [2.05, 4.69) is 12.2 Å². The summed E-state index contributed by atoms with van der Waals surface area (Å²) in [4.78, 5) is 0. The molecule has 0 saturated heterocycles. The van der Waals surface area contributed by atoms with Crippen molar-refractivity contribution in [2.45, 2.75) is 19.4 Å². The van der Waals surface area contributed by atoms with E-state index in [1.807, 2.05) is 24.3 Å². The van der Waals surface area contributed by atoms with Gasteiger partial charge in [0.05, 0.1) is 0 Å². The van der Waals surface area contributed by atoms with Crippen molar-refractivity contribution in [2.24, 2.45) is 0 Å². The highest BCUT2D eigenvalue weighted by Crippen LogP contribution is 2.30. The maximum absolute atomic E-state index is 5.79. The molecule has 0 fully saturated rings. The summed E-state index contributed by atoms with van der Waals surface area (Å²) < 4.78 is 11.4. The Morgan fingerprint density at radius 3 is 2.93 bits per heavy atom. The van der Waals surface area contributed by atoms with Gasteiger partial charge in [-0.3, -0.25) is 0 Å². The summed E-state index contributed by atoms with van der Waals surface area (Å²) in [6, 6.07) is 7.80. The van der Waals surface area contributed by atoms with Gasteiger partial charge in [-0.2, -0.15) is 0 Å². The Labute approximate surface area is 90.4 Å². The van der Waals surface area contributed by atoms with Gasteiger partial charge in [0.1, 0.15) is 12.7 Å². The third-order valence-electron chi connectivity index (χ3n) is 2.37. The Kier molecular flexibility index (Phi) is 3.45. The van der Waals surface area contributed by atoms with Gasteiger partial charge in [-0.05, 0) is 25.1 Å². The van der Waals surface area contributed by atoms with Crippen LogP contribution in [0.3, 0.4) is 0 Å². The zero-order valence-electron chi connectivity index (χ0n) is 9.03. The Hall–Kier alpha value is -1.22. The minimum atomic E-state index is 0.131. The van der Waals surface area contributed by atoms with Crippen molar-refractivity contribution < 1.29 is 9.47 Å². The van der Waals surface area contributed by atoms with Crippen LogP contribution in [0.1, 0.15) is 13.3 Å². The number of hydrogen-bond acceptors (Lipinski definition) is 3. The first-order valence-corrected chi connectivity index (χ1v) is 5.49. The van der Waals surface area contributed by atoms with Crippen LogP contribution in [0.15, 0.2) is 24.3 Å². The molecule has 1 aromatic carbocycles. The van der Waals surface area contributed by atoms with E-state index in [0.717, 1.165) is 31.0 Å². The highest BCUT2D eigenvalue weighted by atomic mass is 16.6. The lowest BCUT2D eigenvalue weighted by molar-refractivity contribution is 0.0906. The number of nitrogens with one attached hydrogen (secondary N) is 1. The smallest absolute Gasteiger partial charge is 0.161 e. The van der Waals surface area contributed by atoms with Crippen LogP contribution in [0, 0.1) is 0 Å². The molecule has 0 amide bonds. The molecule has 3 heteroatoms. The summed E-state index contributed by atoms with van der Waals surface area (Å²) >= 11 is 0. The fourth-order valence-electron chi connectivity index (χ4n) is 1.60. The Bertz CT molecular complexity index is 314. The molecule has 2 rings (SSSR count). The van der Waals surface area contributed by atoms with Gasteiger partial charge in [0, 0.05) is 6.54 Å². The van der Waals surface area contributed by atoms with E-state index >= 15 is 0 Å². The van der Waals surface area contributed by atoms with Crippen molar-refractivity contribution in [3.8, 4) is 11.5 Å². The van der Waals surface area contributed by atoms with E-state index in [1.165, 1.54) is 0 Å². The summed E-state index contributed by atoms with van der Waals surface area (Å²) in [6.07, 6.45) is 1.27. The van der Waals surface area contributed by atoms with E-state index in [0.29, 0.717) is 6.61 Å². The molecule has 0 saturated carbocycles. The van der Waals surface area contributed by atoms with E-state index < -0.39 is 0 Å². The van der Waals surface area contributed by atoms with E-state index in [1.54, 1.807) is 0 Å². The predicted molar refractivity (Wildman–Crippen MR) is 59.5 cm³/mol. The average molecular weight is 207 g/mol. The second-order valence-corrected chi connectivity index (χ2v) is 3.70. The molecule has 0 unspecified atom stereocenters. The van der Waals surface area contributed by atoms with Crippen LogP contribution in [-0.2, 0) is 0 Å². The average Bonchev–Trinajstić information content (AvgIpc) is 2.29. The molecule has 82 valence electrons. The van der Waals surface area contributed by atoms with Crippen molar-refractivity contribution in [1.82, 2.24) is 5.32 Å². The van der Waals surface area contributed by atoms with Crippen LogP contribution in [0.25, 0.3) is 0 Å². The Morgan fingerprint density at radius 1 is 1.33 bits per heavy atom. The Morgan fingerprint density at radius 2 is 2.13 bits per heavy atom. The normalized spacial score (nSPS) is 18.9. The number of hydrogen-bond donors (Lipinski definition) is 1. The molecule has 0 aliphatic carbocycles. The third-order valence-corrected chi connectivity index (χ3v) is 2.37. The molecule has 0 radical (unpaired) electrons. The minimum Gasteiger partial charge on any atom is -0.486 e. The molecule has 15 heavy (non-hydrogen) atoms.